The molecular weight excluding hydrogens is 330 g/mol. The summed E-state index contributed by atoms with van der Waals surface area (Å²) < 4.78 is 28.4. The number of nitrogens with zero attached hydrogens (tertiary/aromatic N) is 1. The monoisotopic (exact) mass is 357 g/mol. The summed E-state index contributed by atoms with van der Waals surface area (Å²) in [5.41, 5.74) is 0. The summed E-state index contributed by atoms with van der Waals surface area (Å²) in [6, 6.07) is -0.281. The van der Waals surface area contributed by atoms with Crippen molar-refractivity contribution in [2.45, 2.75) is 51.5 Å². The minimum absolute atomic E-state index is 0.0195. The molecule has 136 valence electrons. The van der Waals surface area contributed by atoms with E-state index in [1.54, 1.807) is 0 Å². The van der Waals surface area contributed by atoms with Gasteiger partial charge in [-0.3, -0.25) is 9.59 Å². The van der Waals surface area contributed by atoms with Crippen LogP contribution in [-0.2, 0) is 24.2 Å². The molecule has 1 saturated heterocycles. The molecule has 0 radical (unpaired) electrons. The van der Waals surface area contributed by atoms with E-state index in [0.717, 1.165) is 12.3 Å². The molecule has 2 saturated carbocycles. The Kier molecular flexibility index (Phi) is 5.18. The molecule has 24 heavy (non-hydrogen) atoms. The smallest absolute Gasteiger partial charge is 0.306 e. The van der Waals surface area contributed by atoms with Gasteiger partial charge < -0.3 is 9.64 Å². The van der Waals surface area contributed by atoms with Crippen molar-refractivity contribution in [2.75, 3.05) is 24.7 Å². The van der Waals surface area contributed by atoms with E-state index in [2.05, 4.69) is 0 Å². The summed E-state index contributed by atoms with van der Waals surface area (Å²) in [6.45, 7) is 1.98. The lowest BCUT2D eigenvalue weighted by molar-refractivity contribution is -0.153. The van der Waals surface area contributed by atoms with Crippen molar-refractivity contribution >= 4 is 21.7 Å². The van der Waals surface area contributed by atoms with Crippen LogP contribution in [0.3, 0.4) is 0 Å². The molecule has 1 heterocycles. The predicted octanol–water partition coefficient (Wildman–Crippen LogP) is 1.39. The predicted molar refractivity (Wildman–Crippen MR) is 89.0 cm³/mol. The maximum atomic E-state index is 12.3. The van der Waals surface area contributed by atoms with Gasteiger partial charge >= 0.3 is 5.97 Å². The van der Waals surface area contributed by atoms with E-state index in [9.17, 15) is 18.0 Å². The van der Waals surface area contributed by atoms with Gasteiger partial charge in [-0.2, -0.15) is 0 Å². The van der Waals surface area contributed by atoms with Crippen molar-refractivity contribution in [3.05, 3.63) is 0 Å². The van der Waals surface area contributed by atoms with Gasteiger partial charge in [-0.1, -0.05) is 6.42 Å². The van der Waals surface area contributed by atoms with Crippen LogP contribution in [0.5, 0.6) is 0 Å². The number of likely N-dealkylation sites (N-methyl/N-ethyl adjacent to an activating group) is 1. The first-order valence-corrected chi connectivity index (χ1v) is 10.9. The summed E-state index contributed by atoms with van der Waals surface area (Å²) in [6.07, 6.45) is 5.77. The quantitative estimate of drug-likeness (QED) is 0.671. The lowest BCUT2D eigenvalue weighted by atomic mass is 9.86. The standard InChI is InChI=1S/C17H27NO5S/c1-2-18(15-5-6-24(21,22)11-15)16(19)10-23-17(20)9-14-8-12-3-4-13(14)7-12/h12-15H,2-11H2,1H3. The molecule has 2 bridgehead atoms. The van der Waals surface area contributed by atoms with Crippen LogP contribution < -0.4 is 0 Å². The van der Waals surface area contributed by atoms with Gasteiger partial charge in [0.15, 0.2) is 16.4 Å². The molecule has 3 rings (SSSR count). The van der Waals surface area contributed by atoms with Crippen LogP contribution in [-0.4, -0.2) is 55.9 Å². The molecule has 0 aromatic heterocycles. The number of hydrogen-bond donors (Lipinski definition) is 0. The van der Waals surface area contributed by atoms with Crippen LogP contribution in [0.15, 0.2) is 0 Å². The molecule has 3 aliphatic rings. The Bertz CT molecular complexity index is 602. The summed E-state index contributed by atoms with van der Waals surface area (Å²) in [5.74, 6) is 1.44. The number of rotatable bonds is 6. The lowest BCUT2D eigenvalue weighted by Crippen LogP contribution is -2.43. The number of sulfone groups is 1. The molecule has 7 heteroatoms. The molecule has 4 atom stereocenters. The zero-order valence-electron chi connectivity index (χ0n) is 14.3. The van der Waals surface area contributed by atoms with Crippen LogP contribution in [0.2, 0.25) is 0 Å². The van der Waals surface area contributed by atoms with E-state index in [4.69, 9.17) is 4.74 Å². The molecule has 0 spiro atoms. The van der Waals surface area contributed by atoms with Crippen LogP contribution in [0, 0.1) is 17.8 Å². The SMILES string of the molecule is CCN(C(=O)COC(=O)CC1CC2CCC1C2)C1CCS(=O)(=O)C1. The van der Waals surface area contributed by atoms with Gasteiger partial charge in [0.2, 0.25) is 0 Å². The Morgan fingerprint density at radius 1 is 1.17 bits per heavy atom. The third kappa shape index (κ3) is 3.92. The fourth-order valence-electron chi connectivity index (χ4n) is 4.78. The van der Waals surface area contributed by atoms with Gasteiger partial charge in [-0.05, 0) is 50.4 Å². The Labute approximate surface area is 143 Å². The van der Waals surface area contributed by atoms with Crippen LogP contribution in [0.1, 0.15) is 45.4 Å². The molecule has 1 amide bonds. The largest absolute Gasteiger partial charge is 0.456 e. The second kappa shape index (κ2) is 7.02. The highest BCUT2D eigenvalue weighted by Gasteiger charge is 2.40. The second-order valence-corrected chi connectivity index (χ2v) is 9.77. The number of ether oxygens (including phenoxy) is 1. The molecule has 1 aliphatic heterocycles. The van der Waals surface area contributed by atoms with Crippen LogP contribution >= 0.6 is 0 Å². The van der Waals surface area contributed by atoms with Crippen molar-refractivity contribution in [1.82, 2.24) is 4.90 Å². The Morgan fingerprint density at radius 3 is 2.50 bits per heavy atom. The molecule has 0 aromatic carbocycles. The third-order valence-corrected chi connectivity index (χ3v) is 7.73. The minimum Gasteiger partial charge on any atom is -0.456 e. The maximum Gasteiger partial charge on any atom is 0.306 e. The Hall–Kier alpha value is -1.11. The first-order chi connectivity index (χ1) is 11.4. The van der Waals surface area contributed by atoms with Crippen molar-refractivity contribution in [3.8, 4) is 0 Å². The second-order valence-electron chi connectivity index (χ2n) is 7.54. The van der Waals surface area contributed by atoms with Crippen molar-refractivity contribution in [3.63, 3.8) is 0 Å². The molecule has 4 unspecified atom stereocenters. The van der Waals surface area contributed by atoms with E-state index in [-0.39, 0.29) is 36.0 Å². The molecule has 0 aromatic rings. The van der Waals surface area contributed by atoms with Gasteiger partial charge in [0.25, 0.3) is 5.91 Å². The highest BCUT2D eigenvalue weighted by molar-refractivity contribution is 7.91. The summed E-state index contributed by atoms with van der Waals surface area (Å²) >= 11 is 0. The molecule has 2 aliphatic carbocycles. The summed E-state index contributed by atoms with van der Waals surface area (Å²) in [5, 5.41) is 0. The molecule has 3 fully saturated rings. The number of esters is 1. The van der Waals surface area contributed by atoms with Crippen molar-refractivity contribution in [1.29, 1.82) is 0 Å². The average Bonchev–Trinajstić information content (AvgIpc) is 3.21. The van der Waals surface area contributed by atoms with E-state index in [0.29, 0.717) is 31.2 Å². The lowest BCUT2D eigenvalue weighted by Gasteiger charge is -2.27. The third-order valence-electron chi connectivity index (χ3n) is 5.98. The molecule has 6 nitrogen and oxygen atoms in total. The first kappa shape index (κ1) is 17.7. The van der Waals surface area contributed by atoms with Gasteiger partial charge in [-0.25, -0.2) is 8.42 Å². The van der Waals surface area contributed by atoms with Gasteiger partial charge in [0.1, 0.15) is 0 Å². The van der Waals surface area contributed by atoms with Gasteiger partial charge in [0.05, 0.1) is 11.5 Å². The normalized spacial score (nSPS) is 33.5. The van der Waals surface area contributed by atoms with Gasteiger partial charge in [-0.15, -0.1) is 0 Å². The number of hydrogen-bond acceptors (Lipinski definition) is 5. The summed E-state index contributed by atoms with van der Waals surface area (Å²) in [4.78, 5) is 25.9. The van der Waals surface area contributed by atoms with Crippen molar-refractivity contribution < 1.29 is 22.7 Å². The highest BCUT2D eigenvalue weighted by atomic mass is 32.2. The number of carbonyl (C=O) groups excluding carboxylic acids is 2. The summed E-state index contributed by atoms with van der Waals surface area (Å²) in [7, 11) is -3.04. The number of fused-ring (bicyclic) bond motifs is 2. The number of amides is 1. The Morgan fingerprint density at radius 2 is 1.96 bits per heavy atom. The van der Waals surface area contributed by atoms with E-state index in [1.165, 1.54) is 24.2 Å². The zero-order chi connectivity index (χ0) is 17.3. The topological polar surface area (TPSA) is 80.8 Å². The number of carbonyl (C=O) groups is 2. The zero-order valence-corrected chi connectivity index (χ0v) is 15.1. The minimum atomic E-state index is -3.04. The van der Waals surface area contributed by atoms with E-state index in [1.807, 2.05) is 6.92 Å². The maximum absolute atomic E-state index is 12.3. The fourth-order valence-corrected chi connectivity index (χ4v) is 6.51. The van der Waals surface area contributed by atoms with Crippen molar-refractivity contribution in [2.24, 2.45) is 17.8 Å². The molecule has 0 N–H and O–H groups in total. The van der Waals surface area contributed by atoms with Crippen LogP contribution in [0.4, 0.5) is 0 Å². The van der Waals surface area contributed by atoms with Crippen LogP contribution in [0.25, 0.3) is 0 Å². The Balaban J connectivity index is 1.44. The van der Waals surface area contributed by atoms with E-state index < -0.39 is 9.84 Å². The molecular formula is C17H27NO5S. The first-order valence-electron chi connectivity index (χ1n) is 9.03. The van der Waals surface area contributed by atoms with Gasteiger partial charge in [0, 0.05) is 19.0 Å². The highest BCUT2D eigenvalue weighted by Crippen LogP contribution is 2.49. The average molecular weight is 357 g/mol. The fraction of sp³-hybridized carbons (Fsp3) is 0.882. The van der Waals surface area contributed by atoms with E-state index >= 15 is 0 Å².